The van der Waals surface area contributed by atoms with Gasteiger partial charge < -0.3 is 25.6 Å². The number of carbonyl (C=O) groups excluding carboxylic acids is 3. The standard InChI is InChI=1S/C19H23BrN4O7/c1-30-10-7-8(6-9(20)14(10)31-2)13-11-12(16(26)23-15(11)25)19(24-13,17(27)28)4-3-5-22-18(21)29/h6-7,11-13,24H,3-5H2,1-2H3,(H,27,28)(H3,21,22,29)(H,23,25,26). The molecule has 0 aliphatic carbocycles. The largest absolute Gasteiger partial charge is 0.493 e. The second kappa shape index (κ2) is 8.71. The van der Waals surface area contributed by atoms with Crippen molar-refractivity contribution >= 4 is 39.7 Å². The highest BCUT2D eigenvalue weighted by Gasteiger charge is 2.66. The fraction of sp³-hybridized carbons (Fsp3) is 0.474. The number of carboxylic acids is 1. The molecule has 11 nitrogen and oxygen atoms in total. The summed E-state index contributed by atoms with van der Waals surface area (Å²) in [7, 11) is 2.93. The molecule has 6 N–H and O–H groups in total. The Hall–Kier alpha value is -2.86. The van der Waals surface area contributed by atoms with Crippen LogP contribution >= 0.6 is 15.9 Å². The molecule has 2 saturated heterocycles. The van der Waals surface area contributed by atoms with E-state index in [1.54, 1.807) is 12.1 Å². The van der Waals surface area contributed by atoms with Crippen LogP contribution in [0, 0.1) is 11.8 Å². The Bertz CT molecular complexity index is 940. The fourth-order valence-electron chi connectivity index (χ4n) is 4.44. The maximum absolute atomic E-state index is 12.6. The molecule has 1 aromatic carbocycles. The number of imide groups is 1. The minimum Gasteiger partial charge on any atom is -0.493 e. The molecule has 4 unspecified atom stereocenters. The number of nitrogens with one attached hydrogen (secondary N) is 3. The number of benzene rings is 1. The molecular formula is C19H23BrN4O7. The molecule has 12 heteroatoms. The van der Waals surface area contributed by atoms with E-state index in [0.717, 1.165) is 0 Å². The monoisotopic (exact) mass is 498 g/mol. The van der Waals surface area contributed by atoms with Crippen LogP contribution < -0.4 is 31.2 Å². The fourth-order valence-corrected chi connectivity index (χ4v) is 5.07. The van der Waals surface area contributed by atoms with Crippen molar-refractivity contribution < 1.29 is 33.8 Å². The van der Waals surface area contributed by atoms with Gasteiger partial charge in [0.1, 0.15) is 5.54 Å². The van der Waals surface area contributed by atoms with Crippen molar-refractivity contribution in [1.29, 1.82) is 0 Å². The summed E-state index contributed by atoms with van der Waals surface area (Å²) in [6, 6.07) is 1.83. The second-order valence-electron chi connectivity index (χ2n) is 7.39. The Balaban J connectivity index is 2.02. The van der Waals surface area contributed by atoms with Crippen LogP contribution in [0.1, 0.15) is 24.4 Å². The highest BCUT2D eigenvalue weighted by molar-refractivity contribution is 9.10. The topological polar surface area (TPSA) is 169 Å². The quantitative estimate of drug-likeness (QED) is 0.251. The number of amides is 4. The normalized spacial score (nSPS) is 26.9. The first kappa shape index (κ1) is 22.8. The molecule has 0 bridgehead atoms. The van der Waals surface area contributed by atoms with Crippen LogP contribution in [0.2, 0.25) is 0 Å². The molecule has 1 aromatic rings. The van der Waals surface area contributed by atoms with Gasteiger partial charge in [-0.3, -0.25) is 25.0 Å². The van der Waals surface area contributed by atoms with E-state index >= 15 is 0 Å². The zero-order valence-electron chi connectivity index (χ0n) is 16.9. The van der Waals surface area contributed by atoms with Crippen LogP contribution in [0.4, 0.5) is 4.79 Å². The number of carbonyl (C=O) groups is 4. The van der Waals surface area contributed by atoms with Gasteiger partial charge in [0.05, 0.1) is 30.5 Å². The van der Waals surface area contributed by atoms with Crippen LogP contribution in [0.3, 0.4) is 0 Å². The van der Waals surface area contributed by atoms with Crippen LogP contribution in [0.25, 0.3) is 0 Å². The van der Waals surface area contributed by atoms with E-state index in [4.69, 9.17) is 15.2 Å². The van der Waals surface area contributed by atoms with Gasteiger partial charge in [0.25, 0.3) is 0 Å². The summed E-state index contributed by atoms with van der Waals surface area (Å²) < 4.78 is 11.2. The lowest BCUT2D eigenvalue weighted by Gasteiger charge is -2.30. The Morgan fingerprint density at radius 2 is 1.97 bits per heavy atom. The number of nitrogens with two attached hydrogens (primary N) is 1. The molecule has 0 saturated carbocycles. The van der Waals surface area contributed by atoms with Gasteiger partial charge >= 0.3 is 12.0 Å². The van der Waals surface area contributed by atoms with E-state index in [1.807, 2.05) is 0 Å². The number of fused-ring (bicyclic) bond motifs is 1. The number of carboxylic acid groups (broad SMARTS) is 1. The van der Waals surface area contributed by atoms with Crippen LogP contribution in [0.5, 0.6) is 11.5 Å². The van der Waals surface area contributed by atoms with E-state index in [0.29, 0.717) is 21.5 Å². The van der Waals surface area contributed by atoms with Crippen molar-refractivity contribution in [2.24, 2.45) is 17.6 Å². The third-order valence-corrected chi connectivity index (χ3v) is 6.33. The van der Waals surface area contributed by atoms with Crippen molar-refractivity contribution in [2.45, 2.75) is 24.4 Å². The number of halogens is 1. The average Bonchev–Trinajstić information content (AvgIpc) is 3.21. The predicted octanol–water partition coefficient (Wildman–Crippen LogP) is 0.271. The number of hydrogen-bond donors (Lipinski definition) is 5. The van der Waals surface area contributed by atoms with Crippen molar-refractivity contribution in [3.05, 3.63) is 22.2 Å². The maximum atomic E-state index is 12.6. The first-order chi connectivity index (χ1) is 14.7. The SMILES string of the molecule is COc1cc(C2NC(CCCNC(N)=O)(C(=O)O)C3C(=O)NC(=O)C23)cc(Br)c1OC. The number of urea groups is 1. The zero-order chi connectivity index (χ0) is 22.9. The van der Waals surface area contributed by atoms with Crippen LogP contribution in [-0.4, -0.2) is 55.2 Å². The van der Waals surface area contributed by atoms with E-state index in [9.17, 15) is 24.3 Å². The van der Waals surface area contributed by atoms with Crippen molar-refractivity contribution in [1.82, 2.24) is 16.0 Å². The highest BCUT2D eigenvalue weighted by atomic mass is 79.9. The molecular weight excluding hydrogens is 476 g/mol. The predicted molar refractivity (Wildman–Crippen MR) is 110 cm³/mol. The Labute approximate surface area is 186 Å². The minimum absolute atomic E-state index is 0.00452. The molecule has 2 fully saturated rings. The Kier molecular flexibility index (Phi) is 6.41. The zero-order valence-corrected chi connectivity index (χ0v) is 18.4. The third kappa shape index (κ3) is 3.92. The van der Waals surface area contributed by atoms with Gasteiger partial charge in [-0.15, -0.1) is 0 Å². The van der Waals surface area contributed by atoms with Gasteiger partial charge in [-0.05, 0) is 46.5 Å². The third-order valence-electron chi connectivity index (χ3n) is 5.74. The minimum atomic E-state index is -1.70. The van der Waals surface area contributed by atoms with Gasteiger partial charge in [-0.25, -0.2) is 4.79 Å². The van der Waals surface area contributed by atoms with E-state index in [1.165, 1.54) is 14.2 Å². The molecule has 0 radical (unpaired) electrons. The van der Waals surface area contributed by atoms with E-state index in [-0.39, 0.29) is 19.4 Å². The molecule has 3 rings (SSSR count). The molecule has 31 heavy (non-hydrogen) atoms. The van der Waals surface area contributed by atoms with Crippen molar-refractivity contribution in [3.63, 3.8) is 0 Å². The summed E-state index contributed by atoms with van der Waals surface area (Å²) in [6.07, 6.45) is 0.227. The number of rotatable bonds is 8. The maximum Gasteiger partial charge on any atom is 0.324 e. The van der Waals surface area contributed by atoms with Crippen LogP contribution in [-0.2, 0) is 14.4 Å². The van der Waals surface area contributed by atoms with Gasteiger partial charge in [-0.1, -0.05) is 0 Å². The summed E-state index contributed by atoms with van der Waals surface area (Å²) in [5.74, 6) is -3.68. The molecule has 2 aliphatic rings. The lowest BCUT2D eigenvalue weighted by molar-refractivity contribution is -0.149. The number of primary amides is 1. The first-order valence-electron chi connectivity index (χ1n) is 9.46. The first-order valence-corrected chi connectivity index (χ1v) is 10.3. The molecule has 4 amide bonds. The second-order valence-corrected chi connectivity index (χ2v) is 8.24. The smallest absolute Gasteiger partial charge is 0.324 e. The van der Waals surface area contributed by atoms with Gasteiger partial charge in [0.15, 0.2) is 11.5 Å². The summed E-state index contributed by atoms with van der Waals surface area (Å²) in [4.78, 5) is 48.6. The number of ether oxygens (including phenoxy) is 2. The molecule has 168 valence electrons. The molecule has 4 atom stereocenters. The van der Waals surface area contributed by atoms with Gasteiger partial charge in [0, 0.05) is 12.6 Å². The molecule has 0 spiro atoms. The van der Waals surface area contributed by atoms with Gasteiger partial charge in [0.2, 0.25) is 11.8 Å². The van der Waals surface area contributed by atoms with Crippen molar-refractivity contribution in [3.8, 4) is 11.5 Å². The lowest BCUT2D eigenvalue weighted by Crippen LogP contribution is -2.55. The summed E-state index contributed by atoms with van der Waals surface area (Å²) in [5, 5.41) is 17.8. The number of hydrogen-bond acceptors (Lipinski definition) is 7. The Morgan fingerprint density at radius 1 is 1.26 bits per heavy atom. The highest BCUT2D eigenvalue weighted by Crippen LogP contribution is 2.50. The van der Waals surface area contributed by atoms with Crippen molar-refractivity contribution in [2.75, 3.05) is 20.8 Å². The van der Waals surface area contributed by atoms with Gasteiger partial charge in [-0.2, -0.15) is 0 Å². The lowest BCUT2D eigenvalue weighted by atomic mass is 9.77. The van der Waals surface area contributed by atoms with Crippen LogP contribution in [0.15, 0.2) is 16.6 Å². The summed E-state index contributed by atoms with van der Waals surface area (Å²) >= 11 is 3.40. The molecule has 2 aliphatic heterocycles. The van der Waals surface area contributed by atoms with E-state index < -0.39 is 47.2 Å². The summed E-state index contributed by atoms with van der Waals surface area (Å²) in [5.41, 5.74) is 3.91. The number of aliphatic carboxylic acids is 1. The Morgan fingerprint density at radius 3 is 2.55 bits per heavy atom. The molecule has 2 heterocycles. The van der Waals surface area contributed by atoms with E-state index in [2.05, 4.69) is 31.9 Å². The average molecular weight is 499 g/mol. The summed E-state index contributed by atoms with van der Waals surface area (Å²) in [6.45, 7) is 0.131. The molecule has 0 aromatic heterocycles. The number of methoxy groups -OCH3 is 2.